The van der Waals surface area contributed by atoms with Gasteiger partial charge < -0.3 is 19.2 Å². The van der Waals surface area contributed by atoms with Crippen molar-refractivity contribution in [2.24, 2.45) is 7.05 Å². The summed E-state index contributed by atoms with van der Waals surface area (Å²) in [7, 11) is -0.361. The van der Waals surface area contributed by atoms with Crippen molar-refractivity contribution in [3.63, 3.8) is 0 Å². The first-order valence-corrected chi connectivity index (χ1v) is 10.5. The third kappa shape index (κ3) is 3.13. The fourth-order valence-corrected chi connectivity index (χ4v) is 5.31. The molecular formula is C18H21N5O4S. The van der Waals surface area contributed by atoms with E-state index in [1.165, 1.54) is 10.9 Å². The summed E-state index contributed by atoms with van der Waals surface area (Å²) >= 11 is 0. The van der Waals surface area contributed by atoms with Crippen LogP contribution in [0.5, 0.6) is 5.75 Å². The predicted molar refractivity (Wildman–Crippen MR) is 102 cm³/mol. The van der Waals surface area contributed by atoms with Gasteiger partial charge >= 0.3 is 0 Å². The first-order chi connectivity index (χ1) is 13.4. The Kier molecular flexibility index (Phi) is 4.58. The largest absolute Gasteiger partial charge is 0.497 e. The molecule has 1 amide bonds. The number of benzene rings is 1. The van der Waals surface area contributed by atoms with Crippen LogP contribution < -0.4 is 4.74 Å². The van der Waals surface area contributed by atoms with Gasteiger partial charge in [-0.25, -0.2) is 8.42 Å². The molecule has 1 saturated heterocycles. The topological polar surface area (TPSA) is 110 Å². The number of carbonyl (C=O) groups excluding carboxylic acids is 1. The Bertz CT molecular complexity index is 1130. The number of sulfone groups is 1. The number of fused-ring (bicyclic) bond motifs is 1. The van der Waals surface area contributed by atoms with Crippen LogP contribution in [0, 0.1) is 0 Å². The number of hydrogen-bond acceptors (Lipinski definition) is 6. The highest BCUT2D eigenvalue weighted by molar-refractivity contribution is 7.91. The SMILES string of the molecule is COc1ccc2cc(C(=O)N3CCC(S(=O)(=O)c4nncn4C)CC3)[nH]c2c1. The molecule has 0 atom stereocenters. The van der Waals surface area contributed by atoms with Gasteiger partial charge in [0.05, 0.1) is 12.4 Å². The molecule has 28 heavy (non-hydrogen) atoms. The first kappa shape index (κ1) is 18.5. The number of aromatic amines is 1. The van der Waals surface area contributed by atoms with Gasteiger partial charge in [-0.2, -0.15) is 0 Å². The van der Waals surface area contributed by atoms with E-state index in [1.54, 1.807) is 25.1 Å². The lowest BCUT2D eigenvalue weighted by molar-refractivity contribution is 0.0720. The molecule has 1 N–H and O–H groups in total. The molecule has 2 aromatic heterocycles. The number of rotatable bonds is 4. The lowest BCUT2D eigenvalue weighted by Gasteiger charge is -2.31. The number of ether oxygens (including phenoxy) is 1. The molecule has 1 aliphatic rings. The van der Waals surface area contributed by atoms with Crippen molar-refractivity contribution in [3.8, 4) is 5.75 Å². The molecule has 0 spiro atoms. The van der Waals surface area contributed by atoms with Crippen LogP contribution in [-0.4, -0.2) is 64.4 Å². The van der Waals surface area contributed by atoms with E-state index >= 15 is 0 Å². The predicted octanol–water partition coefficient (Wildman–Crippen LogP) is 1.38. The van der Waals surface area contributed by atoms with Gasteiger partial charge in [0.1, 0.15) is 17.8 Å². The molecule has 3 heterocycles. The van der Waals surface area contributed by atoms with E-state index in [0.717, 1.165) is 10.9 Å². The zero-order chi connectivity index (χ0) is 19.9. The maximum Gasteiger partial charge on any atom is 0.270 e. The molecule has 0 radical (unpaired) electrons. The molecule has 0 unspecified atom stereocenters. The number of H-pyrrole nitrogens is 1. The average molecular weight is 403 g/mol. The Morgan fingerprint density at radius 2 is 2.00 bits per heavy atom. The number of likely N-dealkylation sites (tertiary alicyclic amines) is 1. The van der Waals surface area contributed by atoms with Crippen molar-refractivity contribution >= 4 is 26.6 Å². The van der Waals surface area contributed by atoms with Crippen LogP contribution in [-0.2, 0) is 16.9 Å². The van der Waals surface area contributed by atoms with Crippen LogP contribution in [0.4, 0.5) is 0 Å². The molecule has 148 valence electrons. The van der Waals surface area contributed by atoms with Crippen molar-refractivity contribution in [1.29, 1.82) is 0 Å². The fraction of sp³-hybridized carbons (Fsp3) is 0.389. The molecule has 0 bridgehead atoms. The molecule has 0 saturated carbocycles. The number of hydrogen-bond donors (Lipinski definition) is 1. The smallest absolute Gasteiger partial charge is 0.270 e. The molecule has 1 aliphatic heterocycles. The number of carbonyl (C=O) groups is 1. The molecular weight excluding hydrogens is 382 g/mol. The standard InChI is InChI=1S/C18H21N5O4S/c1-22-11-19-21-18(22)28(25,26)14-5-7-23(8-6-14)17(24)16-9-12-3-4-13(27-2)10-15(12)20-16/h3-4,9-11,14,20H,5-8H2,1-2H3. The first-order valence-electron chi connectivity index (χ1n) is 8.94. The van der Waals surface area contributed by atoms with Gasteiger partial charge in [-0.1, -0.05) is 0 Å². The summed E-state index contributed by atoms with van der Waals surface area (Å²) in [6.45, 7) is 0.749. The highest BCUT2D eigenvalue weighted by Crippen LogP contribution is 2.26. The second-order valence-electron chi connectivity index (χ2n) is 6.90. The lowest BCUT2D eigenvalue weighted by atomic mass is 10.1. The van der Waals surface area contributed by atoms with Crippen LogP contribution in [0.1, 0.15) is 23.3 Å². The van der Waals surface area contributed by atoms with Crippen LogP contribution in [0.2, 0.25) is 0 Å². The number of nitrogens with zero attached hydrogens (tertiary/aromatic N) is 4. The Labute approximate surface area is 162 Å². The summed E-state index contributed by atoms with van der Waals surface area (Å²) in [4.78, 5) is 17.7. The number of aryl methyl sites for hydroxylation is 1. The van der Waals surface area contributed by atoms with E-state index < -0.39 is 15.1 Å². The van der Waals surface area contributed by atoms with Crippen molar-refractivity contribution in [2.75, 3.05) is 20.2 Å². The number of amides is 1. The van der Waals surface area contributed by atoms with Crippen molar-refractivity contribution in [2.45, 2.75) is 23.2 Å². The summed E-state index contributed by atoms with van der Waals surface area (Å²) in [5.74, 6) is 0.577. The van der Waals surface area contributed by atoms with Crippen LogP contribution in [0.15, 0.2) is 35.7 Å². The second kappa shape index (κ2) is 6.93. The minimum Gasteiger partial charge on any atom is -0.497 e. The summed E-state index contributed by atoms with van der Waals surface area (Å²) < 4.78 is 32.1. The third-order valence-corrected chi connectivity index (χ3v) is 7.38. The fourth-order valence-electron chi connectivity index (χ4n) is 3.57. The maximum atomic E-state index is 12.9. The number of nitrogens with one attached hydrogen (secondary N) is 1. The summed E-state index contributed by atoms with van der Waals surface area (Å²) in [5.41, 5.74) is 1.31. The molecule has 3 aromatic rings. The third-order valence-electron chi connectivity index (χ3n) is 5.15. The highest BCUT2D eigenvalue weighted by Gasteiger charge is 2.35. The maximum absolute atomic E-state index is 12.9. The average Bonchev–Trinajstić information content (AvgIpc) is 3.33. The van der Waals surface area contributed by atoms with Gasteiger partial charge in [0, 0.05) is 37.1 Å². The van der Waals surface area contributed by atoms with Crippen molar-refractivity contribution < 1.29 is 17.9 Å². The van der Waals surface area contributed by atoms with E-state index in [-0.39, 0.29) is 11.1 Å². The number of methoxy groups -OCH3 is 1. The monoisotopic (exact) mass is 403 g/mol. The molecule has 1 aromatic carbocycles. The normalized spacial score (nSPS) is 15.9. The van der Waals surface area contributed by atoms with Gasteiger partial charge in [-0.3, -0.25) is 4.79 Å². The van der Waals surface area contributed by atoms with Gasteiger partial charge in [0.25, 0.3) is 5.91 Å². The summed E-state index contributed by atoms with van der Waals surface area (Å²) in [6, 6.07) is 7.37. The zero-order valence-electron chi connectivity index (χ0n) is 15.6. The number of piperidine rings is 1. The van der Waals surface area contributed by atoms with Crippen LogP contribution >= 0.6 is 0 Å². The van der Waals surface area contributed by atoms with Gasteiger partial charge in [-0.05, 0) is 31.0 Å². The van der Waals surface area contributed by atoms with E-state index in [1.807, 2.05) is 18.2 Å². The molecule has 1 fully saturated rings. The zero-order valence-corrected chi connectivity index (χ0v) is 16.4. The Balaban J connectivity index is 1.48. The van der Waals surface area contributed by atoms with Gasteiger partial charge in [-0.15, -0.1) is 10.2 Å². The Morgan fingerprint density at radius 3 is 2.64 bits per heavy atom. The van der Waals surface area contributed by atoms with Gasteiger partial charge in [0.15, 0.2) is 0 Å². The molecule has 10 heteroatoms. The van der Waals surface area contributed by atoms with Gasteiger partial charge in [0.2, 0.25) is 15.0 Å². The quantitative estimate of drug-likeness (QED) is 0.705. The molecule has 0 aliphatic carbocycles. The molecule has 4 rings (SSSR count). The van der Waals surface area contributed by atoms with Crippen LogP contribution in [0.3, 0.4) is 0 Å². The van der Waals surface area contributed by atoms with E-state index in [9.17, 15) is 13.2 Å². The minimum atomic E-state index is -3.56. The van der Waals surface area contributed by atoms with Crippen LogP contribution in [0.25, 0.3) is 10.9 Å². The second-order valence-corrected chi connectivity index (χ2v) is 9.02. The summed E-state index contributed by atoms with van der Waals surface area (Å²) in [5, 5.41) is 7.72. The van der Waals surface area contributed by atoms with E-state index in [0.29, 0.717) is 37.4 Å². The highest BCUT2D eigenvalue weighted by atomic mass is 32.2. The van der Waals surface area contributed by atoms with E-state index in [4.69, 9.17) is 4.74 Å². The molecule has 9 nitrogen and oxygen atoms in total. The number of aromatic nitrogens is 4. The van der Waals surface area contributed by atoms with Crippen molar-refractivity contribution in [1.82, 2.24) is 24.6 Å². The Morgan fingerprint density at radius 1 is 1.25 bits per heavy atom. The lowest BCUT2D eigenvalue weighted by Crippen LogP contribution is -2.43. The minimum absolute atomic E-state index is 0.0261. The van der Waals surface area contributed by atoms with E-state index in [2.05, 4.69) is 15.2 Å². The Hall–Kier alpha value is -2.88. The van der Waals surface area contributed by atoms with Crippen molar-refractivity contribution in [3.05, 3.63) is 36.3 Å². The summed E-state index contributed by atoms with van der Waals surface area (Å²) in [6.07, 6.45) is 2.11.